The number of aromatic hydroxyl groups is 1. The summed E-state index contributed by atoms with van der Waals surface area (Å²) in [6.07, 6.45) is 1.87. The third-order valence-corrected chi connectivity index (χ3v) is 9.48. The maximum Gasteiger partial charge on any atom is 0.143 e. The van der Waals surface area contributed by atoms with Gasteiger partial charge in [-0.25, -0.2) is 4.98 Å². The third kappa shape index (κ3) is 5.73. The summed E-state index contributed by atoms with van der Waals surface area (Å²) < 4.78 is 2.11. The van der Waals surface area contributed by atoms with Crippen molar-refractivity contribution in [2.24, 2.45) is 7.05 Å². The molecule has 3 aromatic carbocycles. The van der Waals surface area contributed by atoms with Crippen molar-refractivity contribution < 1.29 is 26.2 Å². The van der Waals surface area contributed by atoms with Gasteiger partial charge >= 0.3 is 0 Å². The van der Waals surface area contributed by atoms with Crippen molar-refractivity contribution in [1.82, 2.24) is 14.5 Å². The molecule has 2 aromatic heterocycles. The molecule has 0 amide bonds. The summed E-state index contributed by atoms with van der Waals surface area (Å²) >= 11 is 0. The van der Waals surface area contributed by atoms with Gasteiger partial charge in [0.2, 0.25) is 0 Å². The van der Waals surface area contributed by atoms with Gasteiger partial charge in [0, 0.05) is 40.0 Å². The molecule has 0 spiro atoms. The Bertz CT molecular complexity index is 1720. The Morgan fingerprint density at radius 2 is 1.52 bits per heavy atom. The van der Waals surface area contributed by atoms with Gasteiger partial charge in [0.1, 0.15) is 11.6 Å². The van der Waals surface area contributed by atoms with E-state index in [0.29, 0.717) is 0 Å². The number of nitrogens with zero attached hydrogens (tertiary/aromatic N) is 3. The number of benzene rings is 3. The molecule has 0 aliphatic rings. The van der Waals surface area contributed by atoms with E-state index in [1.54, 1.807) is 6.07 Å². The second-order valence-electron chi connectivity index (χ2n) is 12.8. The van der Waals surface area contributed by atoms with E-state index < -0.39 is 8.07 Å². The second-order valence-corrected chi connectivity index (χ2v) is 17.9. The number of rotatable bonds is 4. The van der Waals surface area contributed by atoms with Gasteiger partial charge in [-0.2, -0.15) is 0 Å². The van der Waals surface area contributed by atoms with Crippen LogP contribution in [0.25, 0.3) is 44.8 Å². The molecule has 0 saturated carbocycles. The topological polar surface area (TPSA) is 50.9 Å². The normalized spacial score (nSPS) is 12.0. The van der Waals surface area contributed by atoms with Crippen molar-refractivity contribution in [3.8, 4) is 39.5 Å². The van der Waals surface area contributed by atoms with Crippen LogP contribution in [0.4, 0.5) is 0 Å². The van der Waals surface area contributed by atoms with E-state index in [0.717, 1.165) is 50.4 Å². The predicted octanol–water partition coefficient (Wildman–Crippen LogP) is 7.93. The van der Waals surface area contributed by atoms with E-state index in [4.69, 9.17) is 4.98 Å². The number of aryl methyl sites for hydroxylation is 3. The largest absolute Gasteiger partial charge is 0.507 e. The number of fused-ring (bicyclic) bond motifs is 1. The molecule has 0 radical (unpaired) electrons. The first-order valence-electron chi connectivity index (χ1n) is 13.5. The number of imidazole rings is 1. The summed E-state index contributed by atoms with van der Waals surface area (Å²) in [6.45, 7) is 17.9. The first kappa shape index (κ1) is 30.0. The van der Waals surface area contributed by atoms with Crippen LogP contribution in [-0.4, -0.2) is 27.7 Å². The Kier molecular flexibility index (Phi) is 8.06. The quantitative estimate of drug-likeness (QED) is 0.151. The molecule has 0 unspecified atom stereocenters. The number of hydrogen-bond acceptors (Lipinski definition) is 3. The van der Waals surface area contributed by atoms with Crippen LogP contribution in [0.3, 0.4) is 0 Å². The molecule has 2 heterocycles. The number of hydrogen-bond donors (Lipinski definition) is 1. The molecular formula is C34H38N3OPtSi-. The molecule has 5 rings (SSSR count). The van der Waals surface area contributed by atoms with Crippen LogP contribution in [0.1, 0.15) is 37.5 Å². The first-order chi connectivity index (χ1) is 18.2. The van der Waals surface area contributed by atoms with Crippen LogP contribution >= 0.6 is 0 Å². The van der Waals surface area contributed by atoms with Crippen LogP contribution in [-0.2, 0) is 33.5 Å². The zero-order chi connectivity index (χ0) is 28.3. The standard InChI is InChI=1S/C34H38N3OSi.Pt/c1-21-10-11-27(31(38)15-21)33-36-32-28(19-26(39(7,8)9)20-30(32)37(33)6)23-16-24(18-25(17-23)34(3,4)5)29-14-22(2)12-13-35-29;/h10-15,17-20,38H,1-9H3;/q-1;. The fraction of sp³-hybridized carbons (Fsp3) is 0.294. The molecule has 0 bridgehead atoms. The summed E-state index contributed by atoms with van der Waals surface area (Å²) in [4.78, 5) is 9.85. The van der Waals surface area contributed by atoms with E-state index >= 15 is 0 Å². The molecule has 0 aliphatic carbocycles. The van der Waals surface area contributed by atoms with Crippen molar-refractivity contribution in [3.63, 3.8) is 0 Å². The molecule has 0 atom stereocenters. The monoisotopic (exact) mass is 727 g/mol. The van der Waals surface area contributed by atoms with Crippen molar-refractivity contribution >= 4 is 24.3 Å². The third-order valence-electron chi connectivity index (χ3n) is 7.46. The number of phenols is 1. The van der Waals surface area contributed by atoms with Gasteiger partial charge < -0.3 is 9.67 Å². The zero-order valence-electron chi connectivity index (χ0n) is 24.9. The summed E-state index contributed by atoms with van der Waals surface area (Å²) in [6, 6.07) is 22.7. The summed E-state index contributed by atoms with van der Waals surface area (Å²) in [5.41, 5.74) is 10.1. The average Bonchev–Trinajstić information content (AvgIpc) is 3.18. The number of aromatic nitrogens is 3. The molecule has 210 valence electrons. The molecule has 1 N–H and O–H groups in total. The fourth-order valence-electron chi connectivity index (χ4n) is 4.97. The first-order valence-corrected chi connectivity index (χ1v) is 17.0. The maximum atomic E-state index is 10.8. The van der Waals surface area contributed by atoms with Gasteiger partial charge in [-0.3, -0.25) is 4.98 Å². The fourth-order valence-corrected chi connectivity index (χ4v) is 6.11. The van der Waals surface area contributed by atoms with Crippen LogP contribution < -0.4 is 5.19 Å². The molecule has 5 aromatic rings. The van der Waals surface area contributed by atoms with Gasteiger partial charge in [0.25, 0.3) is 0 Å². The molecule has 4 nitrogen and oxygen atoms in total. The zero-order valence-corrected chi connectivity index (χ0v) is 28.2. The molecule has 40 heavy (non-hydrogen) atoms. The minimum Gasteiger partial charge on any atom is -0.507 e. The van der Waals surface area contributed by atoms with Crippen molar-refractivity contribution in [3.05, 3.63) is 83.6 Å². The van der Waals surface area contributed by atoms with Gasteiger partial charge in [-0.15, -0.1) is 29.3 Å². The van der Waals surface area contributed by atoms with Crippen LogP contribution in [0, 0.1) is 19.9 Å². The van der Waals surface area contributed by atoms with Crippen molar-refractivity contribution in [2.75, 3.05) is 0 Å². The molecule has 0 aliphatic heterocycles. The SMILES string of the molecule is Cc1ccnc(-c2[c-]c(-c3cc([Si](C)(C)C)cc4c3nc(-c3ccc(C)cc3O)n4C)cc(C(C)(C)C)c2)c1.[Pt]. The smallest absolute Gasteiger partial charge is 0.143 e. The summed E-state index contributed by atoms with van der Waals surface area (Å²) in [5, 5.41) is 12.2. The van der Waals surface area contributed by atoms with Crippen LogP contribution in [0.15, 0.2) is 60.8 Å². The molecule has 0 saturated heterocycles. The average molecular weight is 728 g/mol. The van der Waals surface area contributed by atoms with E-state index in [9.17, 15) is 5.11 Å². The Morgan fingerprint density at radius 1 is 0.850 bits per heavy atom. The Labute approximate surface area is 253 Å². The van der Waals surface area contributed by atoms with E-state index in [1.807, 2.05) is 38.4 Å². The van der Waals surface area contributed by atoms with Gasteiger partial charge in [-0.1, -0.05) is 80.5 Å². The van der Waals surface area contributed by atoms with Crippen molar-refractivity contribution in [2.45, 2.75) is 59.7 Å². The maximum absolute atomic E-state index is 10.8. The molecule has 6 heteroatoms. The van der Waals surface area contributed by atoms with Gasteiger partial charge in [0.05, 0.1) is 24.7 Å². The minimum atomic E-state index is -1.68. The Morgan fingerprint density at radius 3 is 2.15 bits per heavy atom. The van der Waals surface area contributed by atoms with E-state index in [2.05, 4.69) is 93.3 Å². The predicted molar refractivity (Wildman–Crippen MR) is 166 cm³/mol. The Balaban J connectivity index is 0.00000370. The van der Waals surface area contributed by atoms with E-state index in [1.165, 1.54) is 16.3 Å². The van der Waals surface area contributed by atoms with Gasteiger partial charge in [-0.05, 0) is 49.1 Å². The number of phenolic OH excluding ortho intramolecular Hbond substituents is 1. The van der Waals surface area contributed by atoms with Crippen LogP contribution in [0.2, 0.25) is 19.6 Å². The van der Waals surface area contributed by atoms with Crippen molar-refractivity contribution in [1.29, 1.82) is 0 Å². The molecular weight excluding hydrogens is 690 g/mol. The van der Waals surface area contributed by atoms with E-state index in [-0.39, 0.29) is 32.2 Å². The number of pyridine rings is 1. The second kappa shape index (κ2) is 10.8. The Hall–Kier alpha value is -3.01. The minimum absolute atomic E-state index is 0. The van der Waals surface area contributed by atoms with Gasteiger partial charge in [0.15, 0.2) is 0 Å². The summed E-state index contributed by atoms with van der Waals surface area (Å²) in [5.74, 6) is 0.999. The summed E-state index contributed by atoms with van der Waals surface area (Å²) in [7, 11) is 0.363. The molecule has 0 fully saturated rings. The van der Waals surface area contributed by atoms with Crippen LogP contribution in [0.5, 0.6) is 5.75 Å².